The Hall–Kier alpha value is -1.28. The summed E-state index contributed by atoms with van der Waals surface area (Å²) in [6, 6.07) is 8.47. The SMILES string of the molecule is C=C(CC)CNC(C)COc1ccc(C)cc1. The minimum Gasteiger partial charge on any atom is -0.492 e. The normalized spacial score (nSPS) is 12.2. The first kappa shape index (κ1) is 13.8. The molecule has 0 spiro atoms. The van der Waals surface area contributed by atoms with Gasteiger partial charge in [0.15, 0.2) is 0 Å². The summed E-state index contributed by atoms with van der Waals surface area (Å²) < 4.78 is 5.70. The summed E-state index contributed by atoms with van der Waals surface area (Å²) in [6.45, 7) is 11.8. The van der Waals surface area contributed by atoms with Crippen LogP contribution in [-0.4, -0.2) is 19.2 Å². The average molecular weight is 233 g/mol. The third kappa shape index (κ3) is 5.55. The van der Waals surface area contributed by atoms with Gasteiger partial charge in [-0.2, -0.15) is 0 Å². The molecule has 0 bridgehead atoms. The third-order valence-corrected chi connectivity index (χ3v) is 2.72. The Morgan fingerprint density at radius 2 is 2.00 bits per heavy atom. The Labute approximate surface area is 105 Å². The monoisotopic (exact) mass is 233 g/mol. The van der Waals surface area contributed by atoms with E-state index in [4.69, 9.17) is 4.74 Å². The Bertz CT molecular complexity index is 342. The van der Waals surface area contributed by atoms with Crippen LogP contribution in [0.4, 0.5) is 0 Å². The summed E-state index contributed by atoms with van der Waals surface area (Å²) in [5, 5.41) is 3.39. The van der Waals surface area contributed by atoms with Crippen molar-refractivity contribution in [3.63, 3.8) is 0 Å². The van der Waals surface area contributed by atoms with Crippen LogP contribution < -0.4 is 10.1 Å². The highest BCUT2D eigenvalue weighted by Crippen LogP contribution is 2.11. The first-order valence-electron chi connectivity index (χ1n) is 6.21. The molecule has 0 radical (unpaired) electrons. The summed E-state index contributed by atoms with van der Waals surface area (Å²) in [4.78, 5) is 0. The molecule has 17 heavy (non-hydrogen) atoms. The van der Waals surface area contributed by atoms with Crippen LogP contribution in [0.5, 0.6) is 5.75 Å². The Morgan fingerprint density at radius 1 is 1.35 bits per heavy atom. The first-order chi connectivity index (χ1) is 8.11. The van der Waals surface area contributed by atoms with Crippen LogP contribution in [0, 0.1) is 6.92 Å². The van der Waals surface area contributed by atoms with Gasteiger partial charge in [0.05, 0.1) is 0 Å². The molecule has 94 valence electrons. The lowest BCUT2D eigenvalue weighted by molar-refractivity contribution is 0.276. The van der Waals surface area contributed by atoms with Crippen LogP contribution in [-0.2, 0) is 0 Å². The average Bonchev–Trinajstić information content (AvgIpc) is 2.35. The van der Waals surface area contributed by atoms with Crippen molar-refractivity contribution < 1.29 is 4.74 Å². The predicted octanol–water partition coefficient (Wildman–Crippen LogP) is 3.32. The highest BCUT2D eigenvalue weighted by Gasteiger charge is 2.02. The van der Waals surface area contributed by atoms with Gasteiger partial charge in [-0.3, -0.25) is 0 Å². The van der Waals surface area contributed by atoms with E-state index in [0.29, 0.717) is 12.6 Å². The quantitative estimate of drug-likeness (QED) is 0.729. The molecule has 0 aromatic heterocycles. The van der Waals surface area contributed by atoms with Crippen LogP contribution in [0.2, 0.25) is 0 Å². The fraction of sp³-hybridized carbons (Fsp3) is 0.467. The maximum absolute atomic E-state index is 5.70. The van der Waals surface area contributed by atoms with Gasteiger partial charge in [0.2, 0.25) is 0 Å². The van der Waals surface area contributed by atoms with Crippen molar-refractivity contribution in [2.45, 2.75) is 33.2 Å². The Morgan fingerprint density at radius 3 is 2.59 bits per heavy atom. The molecule has 1 N–H and O–H groups in total. The third-order valence-electron chi connectivity index (χ3n) is 2.72. The number of nitrogens with one attached hydrogen (secondary N) is 1. The summed E-state index contributed by atoms with van der Waals surface area (Å²) in [5.74, 6) is 0.929. The van der Waals surface area contributed by atoms with Crippen molar-refractivity contribution >= 4 is 0 Å². The highest BCUT2D eigenvalue weighted by molar-refractivity contribution is 5.26. The van der Waals surface area contributed by atoms with Gasteiger partial charge >= 0.3 is 0 Å². The molecule has 1 aromatic rings. The van der Waals surface area contributed by atoms with Crippen LogP contribution in [0.15, 0.2) is 36.4 Å². The van der Waals surface area contributed by atoms with E-state index in [-0.39, 0.29) is 0 Å². The van der Waals surface area contributed by atoms with Gasteiger partial charge in [0.25, 0.3) is 0 Å². The maximum atomic E-state index is 5.70. The van der Waals surface area contributed by atoms with Crippen molar-refractivity contribution in [1.29, 1.82) is 0 Å². The van der Waals surface area contributed by atoms with Crippen molar-refractivity contribution in [1.82, 2.24) is 5.32 Å². The molecule has 2 nitrogen and oxygen atoms in total. The van der Waals surface area contributed by atoms with Crippen molar-refractivity contribution in [3.8, 4) is 5.75 Å². The molecule has 0 heterocycles. The molecule has 1 rings (SSSR count). The molecule has 0 aliphatic heterocycles. The van der Waals surface area contributed by atoms with Gasteiger partial charge in [0.1, 0.15) is 12.4 Å². The van der Waals surface area contributed by atoms with E-state index in [1.165, 1.54) is 11.1 Å². The summed E-state index contributed by atoms with van der Waals surface area (Å²) in [5.41, 5.74) is 2.48. The van der Waals surface area contributed by atoms with E-state index in [1.807, 2.05) is 12.1 Å². The molecule has 0 amide bonds. The molecule has 0 fully saturated rings. The number of rotatable bonds is 7. The predicted molar refractivity (Wildman–Crippen MR) is 73.6 cm³/mol. The molecule has 0 aliphatic rings. The lowest BCUT2D eigenvalue weighted by Crippen LogP contribution is -2.33. The number of hydrogen-bond acceptors (Lipinski definition) is 2. The van der Waals surface area contributed by atoms with E-state index in [1.54, 1.807) is 0 Å². The zero-order chi connectivity index (χ0) is 12.7. The second kappa shape index (κ2) is 7.13. The lowest BCUT2D eigenvalue weighted by Gasteiger charge is -2.15. The molecule has 0 aliphatic carbocycles. The van der Waals surface area contributed by atoms with Gasteiger partial charge in [-0.1, -0.05) is 36.8 Å². The maximum Gasteiger partial charge on any atom is 0.119 e. The van der Waals surface area contributed by atoms with E-state index < -0.39 is 0 Å². The largest absolute Gasteiger partial charge is 0.492 e. The second-order valence-electron chi connectivity index (χ2n) is 4.51. The van der Waals surface area contributed by atoms with Gasteiger partial charge in [-0.15, -0.1) is 0 Å². The molecule has 1 atom stereocenters. The molecule has 1 unspecified atom stereocenters. The molecular formula is C15H23NO. The zero-order valence-electron chi connectivity index (χ0n) is 11.1. The molecule has 2 heteroatoms. The van der Waals surface area contributed by atoms with E-state index in [2.05, 4.69) is 44.8 Å². The molecule has 1 aromatic carbocycles. The number of ether oxygens (including phenoxy) is 1. The van der Waals surface area contributed by atoms with Gasteiger partial charge in [-0.25, -0.2) is 0 Å². The summed E-state index contributed by atoms with van der Waals surface area (Å²) >= 11 is 0. The van der Waals surface area contributed by atoms with Crippen LogP contribution >= 0.6 is 0 Å². The van der Waals surface area contributed by atoms with E-state index in [9.17, 15) is 0 Å². The fourth-order valence-electron chi connectivity index (χ4n) is 1.36. The van der Waals surface area contributed by atoms with Crippen molar-refractivity contribution in [2.24, 2.45) is 0 Å². The summed E-state index contributed by atoms with van der Waals surface area (Å²) in [6.07, 6.45) is 1.03. The van der Waals surface area contributed by atoms with Crippen molar-refractivity contribution in [2.75, 3.05) is 13.2 Å². The molecule has 0 saturated carbocycles. The topological polar surface area (TPSA) is 21.3 Å². The minimum absolute atomic E-state index is 0.333. The standard InChI is InChI=1S/C15H23NO/c1-5-12(2)10-16-14(4)11-17-15-8-6-13(3)7-9-15/h6-9,14,16H,2,5,10-11H2,1,3-4H3. The fourth-order valence-corrected chi connectivity index (χ4v) is 1.36. The smallest absolute Gasteiger partial charge is 0.119 e. The van der Waals surface area contributed by atoms with E-state index >= 15 is 0 Å². The number of hydrogen-bond donors (Lipinski definition) is 1. The van der Waals surface area contributed by atoms with E-state index in [0.717, 1.165) is 18.7 Å². The lowest BCUT2D eigenvalue weighted by atomic mass is 10.2. The number of benzene rings is 1. The Balaban J connectivity index is 2.25. The van der Waals surface area contributed by atoms with Gasteiger partial charge < -0.3 is 10.1 Å². The van der Waals surface area contributed by atoms with Crippen LogP contribution in [0.3, 0.4) is 0 Å². The number of aryl methyl sites for hydroxylation is 1. The van der Waals surface area contributed by atoms with Crippen molar-refractivity contribution in [3.05, 3.63) is 42.0 Å². The van der Waals surface area contributed by atoms with Gasteiger partial charge in [0, 0.05) is 12.6 Å². The van der Waals surface area contributed by atoms with Crippen LogP contribution in [0.25, 0.3) is 0 Å². The minimum atomic E-state index is 0.333. The van der Waals surface area contributed by atoms with Crippen LogP contribution in [0.1, 0.15) is 25.8 Å². The molecule has 0 saturated heterocycles. The summed E-state index contributed by atoms with van der Waals surface area (Å²) in [7, 11) is 0. The molecular weight excluding hydrogens is 210 g/mol. The van der Waals surface area contributed by atoms with Gasteiger partial charge in [-0.05, 0) is 32.4 Å². The highest BCUT2D eigenvalue weighted by atomic mass is 16.5. The Kier molecular flexibility index (Phi) is 5.78. The first-order valence-corrected chi connectivity index (χ1v) is 6.21. The zero-order valence-corrected chi connectivity index (χ0v) is 11.1. The second-order valence-corrected chi connectivity index (χ2v) is 4.51.